The summed E-state index contributed by atoms with van der Waals surface area (Å²) in [4.78, 5) is 28.9. The summed E-state index contributed by atoms with van der Waals surface area (Å²) >= 11 is 0. The van der Waals surface area contributed by atoms with Gasteiger partial charge in [0.05, 0.1) is 10.8 Å². The number of hydrogen-bond acceptors (Lipinski definition) is 5. The van der Waals surface area contributed by atoms with E-state index in [4.69, 9.17) is 0 Å². The third-order valence-electron chi connectivity index (χ3n) is 5.97. The standard InChI is InChI=1S/C21H32N4O4S/c1-3-20(26)24-10-6-7-17(16-24)21(27)22-18-8-5-9-19(15-18)30(28,29)25-13-11-23(4-2)12-14-25/h5,8-9,15,17H,3-4,6-7,10-14,16H2,1-2H3,(H,22,27). The molecule has 0 aromatic heterocycles. The molecule has 1 atom stereocenters. The average Bonchev–Trinajstić information content (AvgIpc) is 2.78. The van der Waals surface area contributed by atoms with Crippen molar-refractivity contribution < 1.29 is 18.0 Å². The molecule has 2 aliphatic heterocycles. The summed E-state index contributed by atoms with van der Waals surface area (Å²) in [5.74, 6) is -0.393. The van der Waals surface area contributed by atoms with E-state index in [0.29, 0.717) is 38.3 Å². The number of benzene rings is 1. The van der Waals surface area contributed by atoms with Gasteiger partial charge in [0.1, 0.15) is 0 Å². The van der Waals surface area contributed by atoms with Gasteiger partial charge in [0.2, 0.25) is 21.8 Å². The highest BCUT2D eigenvalue weighted by Crippen LogP contribution is 2.23. The molecule has 0 spiro atoms. The Hall–Kier alpha value is -1.97. The van der Waals surface area contributed by atoms with Crippen LogP contribution in [0.25, 0.3) is 0 Å². The maximum Gasteiger partial charge on any atom is 0.243 e. The SMILES string of the molecule is CCC(=O)N1CCCC(C(=O)Nc2cccc(S(=O)(=O)N3CCN(CC)CC3)c2)C1. The fourth-order valence-corrected chi connectivity index (χ4v) is 5.52. The molecular formula is C21H32N4O4S. The minimum Gasteiger partial charge on any atom is -0.342 e. The third-order valence-corrected chi connectivity index (χ3v) is 7.86. The Kier molecular flexibility index (Phi) is 7.49. The first-order valence-corrected chi connectivity index (χ1v) is 12.2. The summed E-state index contributed by atoms with van der Waals surface area (Å²) in [5.41, 5.74) is 0.465. The van der Waals surface area contributed by atoms with Crippen molar-refractivity contribution in [1.82, 2.24) is 14.1 Å². The van der Waals surface area contributed by atoms with Gasteiger partial charge >= 0.3 is 0 Å². The lowest BCUT2D eigenvalue weighted by Crippen LogP contribution is -2.48. The van der Waals surface area contributed by atoms with Crippen molar-refractivity contribution in [2.24, 2.45) is 5.92 Å². The number of rotatable bonds is 6. The van der Waals surface area contributed by atoms with Crippen LogP contribution in [-0.2, 0) is 19.6 Å². The number of nitrogens with zero attached hydrogens (tertiary/aromatic N) is 3. The van der Waals surface area contributed by atoms with Gasteiger partial charge in [-0.25, -0.2) is 8.42 Å². The molecule has 9 heteroatoms. The van der Waals surface area contributed by atoms with E-state index in [0.717, 1.165) is 32.5 Å². The quantitative estimate of drug-likeness (QED) is 0.732. The van der Waals surface area contributed by atoms with Crippen LogP contribution in [0.15, 0.2) is 29.2 Å². The molecule has 2 amide bonds. The van der Waals surface area contributed by atoms with Gasteiger partial charge in [0, 0.05) is 51.4 Å². The summed E-state index contributed by atoms with van der Waals surface area (Å²) in [6.07, 6.45) is 1.95. The van der Waals surface area contributed by atoms with Crippen molar-refractivity contribution in [3.63, 3.8) is 0 Å². The largest absolute Gasteiger partial charge is 0.342 e. The molecule has 2 aliphatic rings. The highest BCUT2D eigenvalue weighted by atomic mass is 32.2. The molecular weight excluding hydrogens is 404 g/mol. The topological polar surface area (TPSA) is 90.0 Å². The van der Waals surface area contributed by atoms with Crippen LogP contribution >= 0.6 is 0 Å². The Balaban J connectivity index is 1.66. The number of piperidine rings is 1. The maximum absolute atomic E-state index is 13.0. The van der Waals surface area contributed by atoms with Gasteiger partial charge in [-0.15, -0.1) is 0 Å². The molecule has 2 fully saturated rings. The van der Waals surface area contributed by atoms with E-state index in [1.54, 1.807) is 23.1 Å². The second kappa shape index (κ2) is 9.89. The van der Waals surface area contributed by atoms with E-state index in [-0.39, 0.29) is 22.6 Å². The number of anilines is 1. The number of amides is 2. The first-order valence-electron chi connectivity index (χ1n) is 10.8. The Morgan fingerprint density at radius 1 is 1.10 bits per heavy atom. The van der Waals surface area contributed by atoms with Crippen molar-refractivity contribution in [2.45, 2.75) is 38.0 Å². The molecule has 166 valence electrons. The van der Waals surface area contributed by atoms with Gasteiger partial charge in [0.15, 0.2) is 0 Å². The minimum atomic E-state index is -3.60. The van der Waals surface area contributed by atoms with E-state index in [1.807, 2.05) is 6.92 Å². The number of carbonyl (C=O) groups is 2. The van der Waals surface area contributed by atoms with Crippen LogP contribution in [-0.4, -0.2) is 80.2 Å². The zero-order chi connectivity index (χ0) is 21.7. The molecule has 3 rings (SSSR count). The van der Waals surface area contributed by atoms with Crippen molar-refractivity contribution in [3.05, 3.63) is 24.3 Å². The zero-order valence-electron chi connectivity index (χ0n) is 17.8. The summed E-state index contributed by atoms with van der Waals surface area (Å²) < 4.78 is 27.6. The van der Waals surface area contributed by atoms with Crippen LogP contribution in [0.1, 0.15) is 33.1 Å². The highest BCUT2D eigenvalue weighted by Gasteiger charge is 2.30. The van der Waals surface area contributed by atoms with Crippen LogP contribution in [0.2, 0.25) is 0 Å². The Labute approximate surface area is 179 Å². The van der Waals surface area contributed by atoms with E-state index in [9.17, 15) is 18.0 Å². The summed E-state index contributed by atoms with van der Waals surface area (Å²) in [5, 5.41) is 2.85. The zero-order valence-corrected chi connectivity index (χ0v) is 18.7. The lowest BCUT2D eigenvalue weighted by atomic mass is 9.96. The van der Waals surface area contributed by atoms with Gasteiger partial charge in [-0.1, -0.05) is 19.9 Å². The number of carbonyl (C=O) groups excluding carboxylic acids is 2. The Morgan fingerprint density at radius 3 is 2.50 bits per heavy atom. The minimum absolute atomic E-state index is 0.0590. The lowest BCUT2D eigenvalue weighted by molar-refractivity contribution is -0.134. The van der Waals surface area contributed by atoms with Gasteiger partial charge in [0.25, 0.3) is 0 Å². The van der Waals surface area contributed by atoms with Crippen molar-refractivity contribution in [3.8, 4) is 0 Å². The van der Waals surface area contributed by atoms with E-state index in [1.165, 1.54) is 10.4 Å². The van der Waals surface area contributed by atoms with Gasteiger partial charge < -0.3 is 15.1 Å². The smallest absolute Gasteiger partial charge is 0.243 e. The molecule has 2 saturated heterocycles. The second-order valence-corrected chi connectivity index (χ2v) is 9.83. The molecule has 1 unspecified atom stereocenters. The lowest BCUT2D eigenvalue weighted by Gasteiger charge is -2.33. The van der Waals surface area contributed by atoms with Gasteiger partial charge in [-0.2, -0.15) is 4.31 Å². The summed E-state index contributed by atoms with van der Waals surface area (Å²) in [7, 11) is -3.60. The first kappa shape index (κ1) is 22.7. The predicted octanol–water partition coefficient (Wildman–Crippen LogP) is 1.60. The molecule has 8 nitrogen and oxygen atoms in total. The van der Waals surface area contributed by atoms with Crippen molar-refractivity contribution in [1.29, 1.82) is 0 Å². The molecule has 0 saturated carbocycles. The van der Waals surface area contributed by atoms with Gasteiger partial charge in [-0.05, 0) is 37.6 Å². The summed E-state index contributed by atoms with van der Waals surface area (Å²) in [6, 6.07) is 6.44. The van der Waals surface area contributed by atoms with Crippen molar-refractivity contribution >= 4 is 27.5 Å². The molecule has 1 aromatic rings. The first-order chi connectivity index (χ1) is 14.3. The van der Waals surface area contributed by atoms with Crippen LogP contribution in [0.4, 0.5) is 5.69 Å². The number of hydrogen-bond donors (Lipinski definition) is 1. The normalized spacial score (nSPS) is 21.4. The summed E-state index contributed by atoms with van der Waals surface area (Å²) in [6.45, 7) is 8.29. The molecule has 1 aromatic carbocycles. The number of sulfonamides is 1. The van der Waals surface area contributed by atoms with Crippen LogP contribution in [0.5, 0.6) is 0 Å². The number of likely N-dealkylation sites (tertiary alicyclic amines) is 1. The fourth-order valence-electron chi connectivity index (χ4n) is 4.06. The van der Waals surface area contributed by atoms with E-state index >= 15 is 0 Å². The average molecular weight is 437 g/mol. The third kappa shape index (κ3) is 5.19. The maximum atomic E-state index is 13.0. The van der Waals surface area contributed by atoms with Crippen LogP contribution in [0.3, 0.4) is 0 Å². The number of likely N-dealkylation sites (N-methyl/N-ethyl adjacent to an activating group) is 1. The molecule has 0 radical (unpaired) electrons. The Bertz CT molecular complexity index is 866. The molecule has 30 heavy (non-hydrogen) atoms. The fraction of sp³-hybridized carbons (Fsp3) is 0.619. The number of piperazine rings is 1. The molecule has 2 heterocycles. The van der Waals surface area contributed by atoms with Gasteiger partial charge in [-0.3, -0.25) is 9.59 Å². The van der Waals surface area contributed by atoms with Crippen LogP contribution in [0, 0.1) is 5.92 Å². The molecule has 1 N–H and O–H groups in total. The molecule has 0 bridgehead atoms. The van der Waals surface area contributed by atoms with Crippen molar-refractivity contribution in [2.75, 3.05) is 51.1 Å². The monoisotopic (exact) mass is 436 g/mol. The van der Waals surface area contributed by atoms with E-state index in [2.05, 4.69) is 17.1 Å². The second-order valence-electron chi connectivity index (χ2n) is 7.89. The predicted molar refractivity (Wildman–Crippen MR) is 116 cm³/mol. The Morgan fingerprint density at radius 2 is 1.83 bits per heavy atom. The van der Waals surface area contributed by atoms with E-state index < -0.39 is 10.0 Å². The van der Waals surface area contributed by atoms with Crippen LogP contribution < -0.4 is 5.32 Å². The highest BCUT2D eigenvalue weighted by molar-refractivity contribution is 7.89. The molecule has 0 aliphatic carbocycles. The number of nitrogens with one attached hydrogen (secondary N) is 1.